The lowest BCUT2D eigenvalue weighted by Crippen LogP contribution is -2.13. The molecule has 1 fully saturated rings. The van der Waals surface area contributed by atoms with E-state index in [2.05, 4.69) is 6.92 Å². The second-order valence-electron chi connectivity index (χ2n) is 8.86. The summed E-state index contributed by atoms with van der Waals surface area (Å²) in [5.74, 6) is -1.85. The van der Waals surface area contributed by atoms with Crippen LogP contribution < -0.4 is 4.74 Å². The highest BCUT2D eigenvalue weighted by Gasteiger charge is 2.25. The molecule has 5 heteroatoms. The minimum Gasteiger partial charge on any atom is -0.423 e. The van der Waals surface area contributed by atoms with Crippen LogP contribution in [0, 0.1) is 23.4 Å². The second-order valence-corrected chi connectivity index (χ2v) is 8.86. The summed E-state index contributed by atoms with van der Waals surface area (Å²) in [4.78, 5) is 12.3. The Morgan fingerprint density at radius 1 is 0.909 bits per heavy atom. The Hall–Kier alpha value is -3.08. The number of hydrogen-bond donors (Lipinski definition) is 0. The number of ether oxygens (including phenoxy) is 1. The summed E-state index contributed by atoms with van der Waals surface area (Å²) in [6, 6.07) is 13.7. The number of rotatable bonds is 5. The Bertz CT molecular complexity index is 1150. The average molecular weight is 453 g/mol. The predicted molar refractivity (Wildman–Crippen MR) is 123 cm³/mol. The smallest absolute Gasteiger partial charge is 0.343 e. The zero-order valence-electron chi connectivity index (χ0n) is 18.8. The molecule has 1 saturated carbocycles. The number of carbonyl (C=O) groups is 1. The second kappa shape index (κ2) is 9.82. The average Bonchev–Trinajstić information content (AvgIpc) is 2.82. The van der Waals surface area contributed by atoms with E-state index in [1.807, 2.05) is 6.92 Å². The fraction of sp³-hybridized carbons (Fsp3) is 0.321. The molecule has 0 radical (unpaired) electrons. The number of carbonyl (C=O) groups excluding carboxylic acids is 1. The first-order chi connectivity index (χ1) is 15.9. The summed E-state index contributed by atoms with van der Waals surface area (Å²) in [6.45, 7) is 4.02. The third-order valence-corrected chi connectivity index (χ3v) is 6.61. The van der Waals surface area contributed by atoms with Crippen molar-refractivity contribution >= 4 is 5.97 Å². The first-order valence-electron chi connectivity index (χ1n) is 11.5. The fourth-order valence-corrected chi connectivity index (χ4v) is 4.50. The number of esters is 1. The Morgan fingerprint density at radius 3 is 2.24 bits per heavy atom. The van der Waals surface area contributed by atoms with Gasteiger partial charge in [-0.1, -0.05) is 57.0 Å². The molecule has 0 aromatic heterocycles. The first-order valence-corrected chi connectivity index (χ1v) is 11.5. The van der Waals surface area contributed by atoms with Crippen LogP contribution in [0.1, 0.15) is 66.9 Å². The molecular formula is C28H27F3O2. The summed E-state index contributed by atoms with van der Waals surface area (Å²) in [6.07, 6.45) is 4.34. The minimum atomic E-state index is -0.859. The summed E-state index contributed by atoms with van der Waals surface area (Å²) >= 11 is 0. The van der Waals surface area contributed by atoms with E-state index in [4.69, 9.17) is 4.74 Å². The summed E-state index contributed by atoms with van der Waals surface area (Å²) < 4.78 is 49.1. The molecule has 33 heavy (non-hydrogen) atoms. The molecule has 0 atom stereocenters. The highest BCUT2D eigenvalue weighted by Crippen LogP contribution is 2.38. The lowest BCUT2D eigenvalue weighted by atomic mass is 9.79. The van der Waals surface area contributed by atoms with Gasteiger partial charge in [0.15, 0.2) is 11.6 Å². The molecule has 3 aromatic rings. The molecule has 3 aromatic carbocycles. The molecule has 0 amide bonds. The van der Waals surface area contributed by atoms with Gasteiger partial charge in [-0.3, -0.25) is 0 Å². The van der Waals surface area contributed by atoms with Crippen LogP contribution >= 0.6 is 0 Å². The van der Waals surface area contributed by atoms with Gasteiger partial charge in [0.05, 0.1) is 5.56 Å². The maximum absolute atomic E-state index is 14.9. The quantitative estimate of drug-likeness (QED) is 0.291. The normalized spacial score (nSPS) is 18.2. The molecule has 0 spiro atoms. The van der Waals surface area contributed by atoms with Crippen LogP contribution in [0.15, 0.2) is 54.6 Å². The van der Waals surface area contributed by atoms with Crippen LogP contribution in [-0.4, -0.2) is 5.97 Å². The highest BCUT2D eigenvalue weighted by atomic mass is 19.2. The van der Waals surface area contributed by atoms with Crippen molar-refractivity contribution in [2.24, 2.45) is 5.92 Å². The maximum Gasteiger partial charge on any atom is 0.343 e. The number of hydrogen-bond acceptors (Lipinski definition) is 2. The standard InChI is InChI=1S/C28H27F3O2/c1-3-18-8-9-21(16-25(18)29)28(32)33-22-12-10-20(11-13-22)24-15-14-23(26(30)27(24)31)19-6-4-17(2)5-7-19/h8-17,19H,3-7H2,1-2H3. The molecule has 0 aliphatic heterocycles. The van der Waals surface area contributed by atoms with Crippen LogP contribution in [0.2, 0.25) is 0 Å². The van der Waals surface area contributed by atoms with Crippen LogP contribution in [0.25, 0.3) is 11.1 Å². The largest absolute Gasteiger partial charge is 0.423 e. The van der Waals surface area contributed by atoms with E-state index in [1.165, 1.54) is 18.2 Å². The Labute approximate surface area is 192 Å². The molecule has 0 saturated heterocycles. The van der Waals surface area contributed by atoms with Gasteiger partial charge >= 0.3 is 5.97 Å². The van der Waals surface area contributed by atoms with E-state index in [0.717, 1.165) is 31.7 Å². The molecule has 0 heterocycles. The van der Waals surface area contributed by atoms with E-state index in [0.29, 0.717) is 29.0 Å². The first kappa shape index (κ1) is 23.1. The van der Waals surface area contributed by atoms with Gasteiger partial charge in [-0.15, -0.1) is 0 Å². The highest BCUT2D eigenvalue weighted by molar-refractivity contribution is 5.91. The SMILES string of the molecule is CCc1ccc(C(=O)Oc2ccc(-c3ccc(C4CCC(C)CC4)c(F)c3F)cc2)cc1F. The van der Waals surface area contributed by atoms with Crippen molar-refractivity contribution in [3.05, 3.63) is 88.7 Å². The third kappa shape index (κ3) is 4.97. The van der Waals surface area contributed by atoms with Gasteiger partial charge in [-0.05, 0) is 72.1 Å². The van der Waals surface area contributed by atoms with E-state index < -0.39 is 23.4 Å². The lowest BCUT2D eigenvalue weighted by Gasteiger charge is -2.27. The van der Waals surface area contributed by atoms with E-state index in [1.54, 1.807) is 30.3 Å². The molecular weight excluding hydrogens is 425 g/mol. The van der Waals surface area contributed by atoms with Crippen molar-refractivity contribution in [3.63, 3.8) is 0 Å². The van der Waals surface area contributed by atoms with Crippen molar-refractivity contribution < 1.29 is 22.7 Å². The zero-order chi connectivity index (χ0) is 23.5. The predicted octanol–water partition coefficient (Wildman–Crippen LogP) is 7.85. The minimum absolute atomic E-state index is 0.0581. The van der Waals surface area contributed by atoms with E-state index in [-0.39, 0.29) is 22.8 Å². The molecule has 4 rings (SSSR count). The molecule has 0 N–H and O–H groups in total. The van der Waals surface area contributed by atoms with Gasteiger partial charge in [0.25, 0.3) is 0 Å². The summed E-state index contributed by atoms with van der Waals surface area (Å²) in [5.41, 5.74) is 1.72. The van der Waals surface area contributed by atoms with Crippen LogP contribution in [0.5, 0.6) is 5.75 Å². The molecule has 0 bridgehead atoms. The monoisotopic (exact) mass is 452 g/mol. The van der Waals surface area contributed by atoms with Crippen molar-refractivity contribution in [3.8, 4) is 16.9 Å². The third-order valence-electron chi connectivity index (χ3n) is 6.61. The van der Waals surface area contributed by atoms with Gasteiger partial charge in [0.2, 0.25) is 0 Å². The van der Waals surface area contributed by atoms with Gasteiger partial charge in [0.1, 0.15) is 11.6 Å². The van der Waals surface area contributed by atoms with Crippen LogP contribution in [0.4, 0.5) is 13.2 Å². The Kier molecular flexibility index (Phi) is 6.87. The van der Waals surface area contributed by atoms with E-state index >= 15 is 0 Å². The van der Waals surface area contributed by atoms with Crippen molar-refractivity contribution in [2.45, 2.75) is 51.9 Å². The van der Waals surface area contributed by atoms with Crippen molar-refractivity contribution in [1.29, 1.82) is 0 Å². The van der Waals surface area contributed by atoms with Gasteiger partial charge in [0, 0.05) is 5.56 Å². The summed E-state index contributed by atoms with van der Waals surface area (Å²) in [5, 5.41) is 0. The number of halogens is 3. The van der Waals surface area contributed by atoms with E-state index in [9.17, 15) is 18.0 Å². The lowest BCUT2D eigenvalue weighted by molar-refractivity contribution is 0.0734. The van der Waals surface area contributed by atoms with Crippen LogP contribution in [-0.2, 0) is 6.42 Å². The van der Waals surface area contributed by atoms with Gasteiger partial charge in [-0.25, -0.2) is 18.0 Å². The topological polar surface area (TPSA) is 26.3 Å². The van der Waals surface area contributed by atoms with Crippen molar-refractivity contribution in [2.75, 3.05) is 0 Å². The molecule has 172 valence electrons. The number of aryl methyl sites for hydroxylation is 1. The van der Waals surface area contributed by atoms with Gasteiger partial charge in [-0.2, -0.15) is 0 Å². The Morgan fingerprint density at radius 2 is 1.61 bits per heavy atom. The van der Waals surface area contributed by atoms with Crippen molar-refractivity contribution in [1.82, 2.24) is 0 Å². The number of benzene rings is 3. The molecule has 0 unspecified atom stereocenters. The Balaban J connectivity index is 1.49. The summed E-state index contributed by atoms with van der Waals surface area (Å²) in [7, 11) is 0. The van der Waals surface area contributed by atoms with Gasteiger partial charge < -0.3 is 4.74 Å². The zero-order valence-corrected chi connectivity index (χ0v) is 18.8. The molecule has 1 aliphatic rings. The molecule has 2 nitrogen and oxygen atoms in total. The fourth-order valence-electron chi connectivity index (χ4n) is 4.50. The molecule has 1 aliphatic carbocycles. The van der Waals surface area contributed by atoms with Crippen LogP contribution in [0.3, 0.4) is 0 Å². The maximum atomic E-state index is 14.9.